The summed E-state index contributed by atoms with van der Waals surface area (Å²) in [5, 5.41) is 1.04. The van der Waals surface area contributed by atoms with E-state index in [4.69, 9.17) is 4.74 Å². The van der Waals surface area contributed by atoms with Crippen molar-refractivity contribution in [3.05, 3.63) is 0 Å². The van der Waals surface area contributed by atoms with Gasteiger partial charge in [-0.2, -0.15) is 0 Å². The first-order chi connectivity index (χ1) is 6.99. The van der Waals surface area contributed by atoms with Crippen molar-refractivity contribution in [1.29, 1.82) is 0 Å². The maximum Gasteiger partial charge on any atom is 0.0549 e. The average Bonchev–Trinajstić information content (AvgIpc) is 2.20. The van der Waals surface area contributed by atoms with Gasteiger partial charge >= 0.3 is 0 Å². The van der Waals surface area contributed by atoms with Crippen LogP contribution in [0.15, 0.2) is 0 Å². The molecule has 0 aliphatic heterocycles. The quantitative estimate of drug-likeness (QED) is 0.588. The van der Waals surface area contributed by atoms with Gasteiger partial charge in [0.25, 0.3) is 0 Å². The van der Waals surface area contributed by atoms with Gasteiger partial charge in [-0.25, -0.2) is 0 Å². The Kier molecular flexibility index (Phi) is 7.90. The Balaban J connectivity index is 3.99. The van der Waals surface area contributed by atoms with Crippen LogP contribution in [0.25, 0.3) is 0 Å². The molecule has 0 spiro atoms. The molecule has 15 heavy (non-hydrogen) atoms. The van der Waals surface area contributed by atoms with Crippen molar-refractivity contribution in [2.75, 3.05) is 11.9 Å². The van der Waals surface area contributed by atoms with Gasteiger partial charge in [0.15, 0.2) is 0 Å². The largest absolute Gasteiger partial charge is 0.378 e. The highest BCUT2D eigenvalue weighted by Crippen LogP contribution is 2.29. The van der Waals surface area contributed by atoms with E-state index in [1.807, 2.05) is 0 Å². The van der Waals surface area contributed by atoms with Crippen LogP contribution in [-0.2, 0) is 4.74 Å². The first-order valence-electron chi connectivity index (χ1n) is 6.17. The van der Waals surface area contributed by atoms with E-state index in [1.54, 1.807) is 0 Å². The predicted molar refractivity (Wildman–Crippen MR) is 71.7 cm³/mol. The molecule has 0 aromatic heterocycles. The molecule has 2 heteroatoms. The van der Waals surface area contributed by atoms with Crippen molar-refractivity contribution in [1.82, 2.24) is 0 Å². The second-order valence-electron chi connectivity index (χ2n) is 5.09. The third-order valence-corrected chi connectivity index (χ3v) is 4.45. The van der Waals surface area contributed by atoms with Gasteiger partial charge in [0.2, 0.25) is 0 Å². The summed E-state index contributed by atoms with van der Waals surface area (Å²) in [4.78, 5) is 0. The first-order valence-corrected chi connectivity index (χ1v) is 7.29. The first kappa shape index (κ1) is 15.4. The Morgan fingerprint density at radius 2 is 1.67 bits per heavy atom. The van der Waals surface area contributed by atoms with E-state index < -0.39 is 0 Å². The second-order valence-corrected chi connectivity index (χ2v) is 5.65. The summed E-state index contributed by atoms with van der Waals surface area (Å²) in [5.41, 5.74) is 0.339. The fourth-order valence-corrected chi connectivity index (χ4v) is 2.69. The van der Waals surface area contributed by atoms with E-state index in [1.165, 1.54) is 12.8 Å². The zero-order valence-corrected chi connectivity index (χ0v) is 12.6. The van der Waals surface area contributed by atoms with Gasteiger partial charge < -0.3 is 4.74 Å². The highest BCUT2D eigenvalue weighted by molar-refractivity contribution is 9.09. The fourth-order valence-electron chi connectivity index (χ4n) is 1.73. The van der Waals surface area contributed by atoms with E-state index in [0.717, 1.165) is 24.3 Å². The van der Waals surface area contributed by atoms with Gasteiger partial charge in [-0.3, -0.25) is 0 Å². The molecule has 0 aliphatic carbocycles. The number of ether oxygens (including phenoxy) is 1. The number of hydrogen-bond donors (Lipinski definition) is 0. The molecule has 92 valence electrons. The van der Waals surface area contributed by atoms with Gasteiger partial charge in [0.05, 0.1) is 12.7 Å². The Morgan fingerprint density at radius 1 is 1.13 bits per heavy atom. The molecule has 0 N–H and O–H groups in total. The fraction of sp³-hybridized carbons (Fsp3) is 1.00. The summed E-state index contributed by atoms with van der Waals surface area (Å²) in [6, 6.07) is 0. The molecule has 1 unspecified atom stereocenters. The minimum Gasteiger partial charge on any atom is -0.378 e. The van der Waals surface area contributed by atoms with Gasteiger partial charge in [-0.05, 0) is 32.1 Å². The third-order valence-electron chi connectivity index (χ3n) is 3.26. The van der Waals surface area contributed by atoms with Crippen LogP contribution < -0.4 is 0 Å². The number of alkyl halides is 1. The smallest absolute Gasteiger partial charge is 0.0549 e. The van der Waals surface area contributed by atoms with E-state index in [0.29, 0.717) is 11.5 Å². The summed E-state index contributed by atoms with van der Waals surface area (Å²) in [7, 11) is 0. The molecule has 0 amide bonds. The van der Waals surface area contributed by atoms with Crippen LogP contribution in [0.1, 0.15) is 53.9 Å². The summed E-state index contributed by atoms with van der Waals surface area (Å²) < 4.78 is 5.96. The van der Waals surface area contributed by atoms with E-state index in [9.17, 15) is 0 Å². The third kappa shape index (κ3) is 5.91. The lowest BCUT2D eigenvalue weighted by Crippen LogP contribution is -2.29. The van der Waals surface area contributed by atoms with Gasteiger partial charge in [-0.1, -0.05) is 43.6 Å². The minimum atomic E-state index is 0.339. The molecule has 0 aromatic carbocycles. The SMILES string of the molecule is CCC(CC)(CBr)COC(C)CC(C)C. The molecular weight excluding hydrogens is 252 g/mol. The highest BCUT2D eigenvalue weighted by atomic mass is 79.9. The van der Waals surface area contributed by atoms with Gasteiger partial charge in [0.1, 0.15) is 0 Å². The predicted octanol–water partition coefficient (Wildman–Crippen LogP) is 4.64. The standard InChI is InChI=1S/C13H27BrO/c1-6-13(7-2,9-14)10-15-12(5)8-11(3)4/h11-12H,6-10H2,1-5H3. The Morgan fingerprint density at radius 3 is 2.00 bits per heavy atom. The maximum atomic E-state index is 5.96. The lowest BCUT2D eigenvalue weighted by molar-refractivity contribution is -0.00417. The molecule has 0 saturated heterocycles. The van der Waals surface area contributed by atoms with Crippen LogP contribution in [0.4, 0.5) is 0 Å². The van der Waals surface area contributed by atoms with Crippen LogP contribution in [0.2, 0.25) is 0 Å². The zero-order chi connectivity index (χ0) is 11.9. The summed E-state index contributed by atoms with van der Waals surface area (Å²) in [6.45, 7) is 12.1. The maximum absolute atomic E-state index is 5.96. The van der Waals surface area contributed by atoms with Crippen molar-refractivity contribution < 1.29 is 4.74 Å². The van der Waals surface area contributed by atoms with E-state index in [-0.39, 0.29) is 0 Å². The van der Waals surface area contributed by atoms with Crippen molar-refractivity contribution in [2.45, 2.75) is 60.0 Å². The van der Waals surface area contributed by atoms with Crippen molar-refractivity contribution in [3.63, 3.8) is 0 Å². The lowest BCUT2D eigenvalue weighted by Gasteiger charge is -2.31. The molecular formula is C13H27BrO. The zero-order valence-electron chi connectivity index (χ0n) is 11.0. The highest BCUT2D eigenvalue weighted by Gasteiger charge is 2.25. The summed E-state index contributed by atoms with van der Waals surface area (Å²) in [5.74, 6) is 0.724. The Bertz CT molecular complexity index is 144. The van der Waals surface area contributed by atoms with Crippen LogP contribution in [-0.4, -0.2) is 18.0 Å². The molecule has 0 aromatic rings. The van der Waals surface area contributed by atoms with Crippen LogP contribution >= 0.6 is 15.9 Å². The molecule has 0 radical (unpaired) electrons. The number of halogens is 1. The molecule has 0 aliphatic rings. The van der Waals surface area contributed by atoms with Crippen molar-refractivity contribution in [3.8, 4) is 0 Å². The normalized spacial score (nSPS) is 14.6. The average molecular weight is 279 g/mol. The van der Waals surface area contributed by atoms with Crippen molar-refractivity contribution in [2.24, 2.45) is 11.3 Å². The van der Waals surface area contributed by atoms with Gasteiger partial charge in [0, 0.05) is 10.7 Å². The van der Waals surface area contributed by atoms with Gasteiger partial charge in [-0.15, -0.1) is 0 Å². The molecule has 0 heterocycles. The molecule has 0 bridgehead atoms. The molecule has 1 atom stereocenters. The monoisotopic (exact) mass is 278 g/mol. The van der Waals surface area contributed by atoms with Crippen LogP contribution in [0.3, 0.4) is 0 Å². The Labute approximate surface area is 104 Å². The molecule has 0 rings (SSSR count). The minimum absolute atomic E-state index is 0.339. The van der Waals surface area contributed by atoms with E-state index in [2.05, 4.69) is 50.5 Å². The summed E-state index contributed by atoms with van der Waals surface area (Å²) >= 11 is 3.61. The number of hydrogen-bond acceptors (Lipinski definition) is 1. The molecule has 0 saturated carbocycles. The number of rotatable bonds is 8. The lowest BCUT2D eigenvalue weighted by atomic mass is 9.85. The topological polar surface area (TPSA) is 9.23 Å². The second kappa shape index (κ2) is 7.67. The van der Waals surface area contributed by atoms with Crippen molar-refractivity contribution >= 4 is 15.9 Å². The van der Waals surface area contributed by atoms with Crippen LogP contribution in [0.5, 0.6) is 0 Å². The molecule has 1 nitrogen and oxygen atoms in total. The summed E-state index contributed by atoms with van der Waals surface area (Å²) in [6.07, 6.45) is 3.92. The van der Waals surface area contributed by atoms with E-state index >= 15 is 0 Å². The van der Waals surface area contributed by atoms with Crippen LogP contribution in [0, 0.1) is 11.3 Å². The molecule has 0 fully saturated rings. The Hall–Kier alpha value is 0.440.